The lowest BCUT2D eigenvalue weighted by molar-refractivity contribution is -0.159. The van der Waals surface area contributed by atoms with Gasteiger partial charge in [0.25, 0.3) is 0 Å². The summed E-state index contributed by atoms with van der Waals surface area (Å²) in [6.45, 7) is 5.54. The van der Waals surface area contributed by atoms with Crippen molar-refractivity contribution in [1.29, 1.82) is 0 Å². The SMILES string of the molecule is COC(=O)C1COCCN1C(C)C(=O)N1CCOCC1. The molecule has 2 atom stereocenters. The van der Waals surface area contributed by atoms with Crippen LogP contribution >= 0.6 is 0 Å². The predicted molar refractivity (Wildman–Crippen MR) is 70.2 cm³/mol. The molecule has 0 radical (unpaired) electrons. The van der Waals surface area contributed by atoms with Crippen molar-refractivity contribution in [3.05, 3.63) is 0 Å². The highest BCUT2D eigenvalue weighted by atomic mass is 16.5. The van der Waals surface area contributed by atoms with Crippen molar-refractivity contribution in [2.45, 2.75) is 19.0 Å². The van der Waals surface area contributed by atoms with E-state index in [0.717, 1.165) is 0 Å². The van der Waals surface area contributed by atoms with Gasteiger partial charge in [0, 0.05) is 19.6 Å². The summed E-state index contributed by atoms with van der Waals surface area (Å²) in [6, 6.07) is -0.866. The van der Waals surface area contributed by atoms with Crippen LogP contribution in [0.4, 0.5) is 0 Å². The smallest absolute Gasteiger partial charge is 0.325 e. The summed E-state index contributed by atoms with van der Waals surface area (Å²) >= 11 is 0. The van der Waals surface area contributed by atoms with E-state index in [0.29, 0.717) is 39.5 Å². The molecule has 0 spiro atoms. The normalized spacial score (nSPS) is 26.1. The maximum atomic E-state index is 12.5. The standard InChI is InChI=1S/C13H22N2O5/c1-10(12(16)14-3-6-19-7-4-14)15-5-8-20-9-11(15)13(17)18-2/h10-11H,3-9H2,1-2H3. The molecule has 2 saturated heterocycles. The summed E-state index contributed by atoms with van der Waals surface area (Å²) in [7, 11) is 1.35. The predicted octanol–water partition coefficient (Wildman–Crippen LogP) is -0.892. The minimum atomic E-state index is -0.506. The van der Waals surface area contributed by atoms with Gasteiger partial charge in [-0.3, -0.25) is 14.5 Å². The van der Waals surface area contributed by atoms with Gasteiger partial charge in [-0.1, -0.05) is 0 Å². The van der Waals surface area contributed by atoms with Crippen molar-refractivity contribution in [1.82, 2.24) is 9.80 Å². The highest BCUT2D eigenvalue weighted by Crippen LogP contribution is 2.15. The van der Waals surface area contributed by atoms with Gasteiger partial charge in [-0.05, 0) is 6.92 Å². The highest BCUT2D eigenvalue weighted by Gasteiger charge is 2.37. The Morgan fingerprint density at radius 2 is 1.80 bits per heavy atom. The Bertz CT molecular complexity index is 357. The van der Waals surface area contributed by atoms with E-state index in [-0.39, 0.29) is 24.5 Å². The van der Waals surface area contributed by atoms with Crippen molar-refractivity contribution in [2.24, 2.45) is 0 Å². The van der Waals surface area contributed by atoms with E-state index in [9.17, 15) is 9.59 Å². The number of carbonyl (C=O) groups excluding carboxylic acids is 2. The average Bonchev–Trinajstić information content (AvgIpc) is 2.53. The van der Waals surface area contributed by atoms with Gasteiger partial charge >= 0.3 is 5.97 Å². The number of ether oxygens (including phenoxy) is 3. The van der Waals surface area contributed by atoms with Crippen LogP contribution in [0, 0.1) is 0 Å². The van der Waals surface area contributed by atoms with E-state index in [4.69, 9.17) is 14.2 Å². The number of hydrogen-bond donors (Lipinski definition) is 0. The van der Waals surface area contributed by atoms with Gasteiger partial charge in [0.15, 0.2) is 0 Å². The highest BCUT2D eigenvalue weighted by molar-refractivity contribution is 5.83. The number of rotatable bonds is 3. The van der Waals surface area contributed by atoms with Crippen molar-refractivity contribution >= 4 is 11.9 Å². The van der Waals surface area contributed by atoms with Crippen molar-refractivity contribution in [3.63, 3.8) is 0 Å². The summed E-state index contributed by atoms with van der Waals surface area (Å²) in [4.78, 5) is 27.9. The molecule has 0 aromatic rings. The second kappa shape index (κ2) is 7.01. The molecule has 0 bridgehead atoms. The third kappa shape index (κ3) is 3.28. The maximum Gasteiger partial charge on any atom is 0.325 e. The Morgan fingerprint density at radius 3 is 2.45 bits per heavy atom. The first kappa shape index (κ1) is 15.2. The van der Waals surface area contributed by atoms with Crippen LogP contribution in [-0.4, -0.2) is 86.9 Å². The lowest BCUT2D eigenvalue weighted by Crippen LogP contribution is -2.59. The second-order valence-corrected chi connectivity index (χ2v) is 4.97. The summed E-state index contributed by atoms with van der Waals surface area (Å²) in [5, 5.41) is 0. The van der Waals surface area contributed by atoms with Crippen LogP contribution in [0.3, 0.4) is 0 Å². The van der Waals surface area contributed by atoms with Crippen molar-refractivity contribution < 1.29 is 23.8 Å². The van der Waals surface area contributed by atoms with Crippen LogP contribution in [0.5, 0.6) is 0 Å². The molecule has 2 rings (SSSR count). The fourth-order valence-electron chi connectivity index (χ4n) is 2.61. The Labute approximate surface area is 118 Å². The Morgan fingerprint density at radius 1 is 1.15 bits per heavy atom. The zero-order valence-corrected chi connectivity index (χ0v) is 12.0. The van der Waals surface area contributed by atoms with Gasteiger partial charge in [-0.15, -0.1) is 0 Å². The molecule has 7 nitrogen and oxygen atoms in total. The molecule has 0 saturated carbocycles. The van der Waals surface area contributed by atoms with E-state index in [2.05, 4.69) is 0 Å². The molecule has 20 heavy (non-hydrogen) atoms. The first-order valence-electron chi connectivity index (χ1n) is 6.93. The number of carbonyl (C=O) groups is 2. The largest absolute Gasteiger partial charge is 0.468 e. The summed E-state index contributed by atoms with van der Waals surface area (Å²) in [6.07, 6.45) is 0. The molecule has 1 amide bonds. The van der Waals surface area contributed by atoms with Crippen LogP contribution in [-0.2, 0) is 23.8 Å². The van der Waals surface area contributed by atoms with E-state index >= 15 is 0 Å². The van der Waals surface area contributed by atoms with E-state index in [1.807, 2.05) is 11.8 Å². The third-order valence-corrected chi connectivity index (χ3v) is 3.82. The number of methoxy groups -OCH3 is 1. The first-order chi connectivity index (χ1) is 9.65. The van der Waals surface area contributed by atoms with Gasteiger partial charge in [0.2, 0.25) is 5.91 Å². The van der Waals surface area contributed by atoms with Gasteiger partial charge in [-0.25, -0.2) is 0 Å². The average molecular weight is 286 g/mol. The fourth-order valence-corrected chi connectivity index (χ4v) is 2.61. The van der Waals surface area contributed by atoms with E-state index in [1.165, 1.54) is 7.11 Å². The van der Waals surface area contributed by atoms with Crippen LogP contribution < -0.4 is 0 Å². The van der Waals surface area contributed by atoms with E-state index in [1.54, 1.807) is 4.90 Å². The van der Waals surface area contributed by atoms with Gasteiger partial charge in [0.05, 0.1) is 39.6 Å². The zero-order chi connectivity index (χ0) is 14.5. The first-order valence-corrected chi connectivity index (χ1v) is 6.93. The Balaban J connectivity index is 2.02. The van der Waals surface area contributed by atoms with Crippen LogP contribution in [0.25, 0.3) is 0 Å². The van der Waals surface area contributed by atoms with Crippen LogP contribution in [0.15, 0.2) is 0 Å². The molecule has 0 aromatic carbocycles. The molecule has 0 N–H and O–H groups in total. The van der Waals surface area contributed by atoms with E-state index < -0.39 is 6.04 Å². The number of nitrogens with zero attached hydrogens (tertiary/aromatic N) is 2. The van der Waals surface area contributed by atoms with Crippen molar-refractivity contribution in [2.75, 3.05) is 53.2 Å². The van der Waals surface area contributed by atoms with Gasteiger partial charge < -0.3 is 19.1 Å². The molecule has 2 aliphatic heterocycles. The molecule has 0 aliphatic carbocycles. The minimum Gasteiger partial charge on any atom is -0.468 e. The molecule has 114 valence electrons. The molecule has 2 fully saturated rings. The minimum absolute atomic E-state index is 0.0316. The molecule has 7 heteroatoms. The summed E-state index contributed by atoms with van der Waals surface area (Å²) in [5.41, 5.74) is 0. The molecular weight excluding hydrogens is 264 g/mol. The topological polar surface area (TPSA) is 68.3 Å². The third-order valence-electron chi connectivity index (χ3n) is 3.82. The number of amides is 1. The van der Waals surface area contributed by atoms with Gasteiger partial charge in [-0.2, -0.15) is 0 Å². The summed E-state index contributed by atoms with van der Waals surface area (Å²) in [5.74, 6) is -0.324. The Kier molecular flexibility index (Phi) is 5.33. The van der Waals surface area contributed by atoms with Crippen LogP contribution in [0.1, 0.15) is 6.92 Å². The molecule has 2 unspecified atom stereocenters. The Hall–Kier alpha value is -1.18. The lowest BCUT2D eigenvalue weighted by atomic mass is 10.1. The van der Waals surface area contributed by atoms with Crippen molar-refractivity contribution in [3.8, 4) is 0 Å². The maximum absolute atomic E-state index is 12.5. The monoisotopic (exact) mass is 286 g/mol. The molecule has 2 heterocycles. The fraction of sp³-hybridized carbons (Fsp3) is 0.846. The number of morpholine rings is 2. The lowest BCUT2D eigenvalue weighted by Gasteiger charge is -2.39. The second-order valence-electron chi connectivity index (χ2n) is 4.97. The molecular formula is C13H22N2O5. The molecule has 0 aromatic heterocycles. The zero-order valence-electron chi connectivity index (χ0n) is 12.0. The number of hydrogen-bond acceptors (Lipinski definition) is 6. The quantitative estimate of drug-likeness (QED) is 0.627. The summed E-state index contributed by atoms with van der Waals surface area (Å²) < 4.78 is 15.4. The number of esters is 1. The van der Waals surface area contributed by atoms with Gasteiger partial charge in [0.1, 0.15) is 6.04 Å². The molecule has 2 aliphatic rings. The van der Waals surface area contributed by atoms with Crippen LogP contribution in [0.2, 0.25) is 0 Å².